The second-order valence-corrected chi connectivity index (χ2v) is 23.0. The number of anilines is 1. The van der Waals surface area contributed by atoms with Gasteiger partial charge in [-0.1, -0.05) is 35.4 Å². The van der Waals surface area contributed by atoms with E-state index < -0.39 is 125 Å². The van der Waals surface area contributed by atoms with E-state index in [1.54, 1.807) is 44.2 Å². The first-order chi connectivity index (χ1) is 36.1. The highest BCUT2D eigenvalue weighted by atomic mass is 35.5. The molecule has 6 bridgehead atoms. The number of likely N-dealkylation sites (tertiary alicyclic amines) is 1. The van der Waals surface area contributed by atoms with Gasteiger partial charge in [-0.15, -0.1) is 16.8 Å². The second-order valence-electron chi connectivity index (χ2n) is 21.3. The molecule has 8 rings (SSSR count). The lowest BCUT2D eigenvalue weighted by atomic mass is 9.72. The molecular formula is C52H67ClF3N5O15S. The number of hydroxylamine groups is 2. The van der Waals surface area contributed by atoms with Gasteiger partial charge in [-0.25, -0.2) is 9.59 Å². The average Bonchev–Trinajstić information content (AvgIpc) is 3.89. The molecule has 20 nitrogen and oxygen atoms in total. The summed E-state index contributed by atoms with van der Waals surface area (Å²) in [5.41, 5.74) is -3.04. The number of esters is 1. The summed E-state index contributed by atoms with van der Waals surface area (Å²) in [7, 11) is 5.35. The summed E-state index contributed by atoms with van der Waals surface area (Å²) in [6, 6.07) is -0.388. The summed E-state index contributed by atoms with van der Waals surface area (Å²) in [6.45, 7) is 6.32. The topological polar surface area (TPSA) is 237 Å². The number of aliphatic hydroxyl groups is 1. The zero-order valence-corrected chi connectivity index (χ0v) is 45.8. The number of alkyl halides is 3. The summed E-state index contributed by atoms with van der Waals surface area (Å²) >= 11 is 7.69. The summed E-state index contributed by atoms with van der Waals surface area (Å²) in [4.78, 5) is 113. The largest absolute Gasteiger partial charge is 0.495 e. The van der Waals surface area contributed by atoms with E-state index in [4.69, 9.17) is 40.1 Å². The molecule has 424 valence electrons. The molecule has 4 saturated heterocycles. The molecule has 1 saturated carbocycles. The third-order valence-corrected chi connectivity index (χ3v) is 17.3. The average molecular weight is 1130 g/mol. The summed E-state index contributed by atoms with van der Waals surface area (Å²) in [6.07, 6.45) is -4.19. The predicted octanol–water partition coefficient (Wildman–Crippen LogP) is 5.73. The van der Waals surface area contributed by atoms with Crippen molar-refractivity contribution >= 4 is 76.6 Å². The standard InChI is InChI=1S/C52H67ClF3N5O15S/c1-28-10-9-11-37(72-8)51(70)25-39(74-48(69)57-51)50(4)27-49(3,76-50)38(24-42(64)59(6)33-21-31(20-28)22-34(71-7)44(33)53)73-46(67)29(2)58(5)36(52(54,55)56)18-19-77-35-23-43(65)60(45(35)66)26-30-12-14-32(15-13-30)47(68)75-61-40(62)16-17-41(61)63/h9-11,21-22,29-30,32,35-39,70H,12-20,23-27H2,1-8H3,(H,57,69)/b11-9+,28-10+/t29-,30-,32-,35?,36?,37+,38-,39?,49+,50?,51-/m0/s1. The number of halogens is 4. The van der Waals surface area contributed by atoms with E-state index in [2.05, 4.69) is 5.32 Å². The highest BCUT2D eigenvalue weighted by molar-refractivity contribution is 8.00. The van der Waals surface area contributed by atoms with E-state index in [9.17, 15) is 56.6 Å². The Morgan fingerprint density at radius 1 is 1.00 bits per heavy atom. The molecule has 0 aromatic heterocycles. The predicted molar refractivity (Wildman–Crippen MR) is 271 cm³/mol. The van der Waals surface area contributed by atoms with E-state index in [0.717, 1.165) is 34.2 Å². The van der Waals surface area contributed by atoms with Crippen molar-refractivity contribution in [2.45, 2.75) is 163 Å². The van der Waals surface area contributed by atoms with Crippen molar-refractivity contribution in [2.24, 2.45) is 11.8 Å². The number of nitrogens with zero attached hydrogens (tertiary/aromatic N) is 4. The molecule has 2 N–H and O–H groups in total. The Balaban J connectivity index is 1.03. The molecule has 25 heteroatoms. The van der Waals surface area contributed by atoms with Crippen LogP contribution in [0, 0.1) is 11.8 Å². The van der Waals surface area contributed by atoms with E-state index in [0.29, 0.717) is 42.7 Å². The molecule has 6 aliphatic heterocycles. The van der Waals surface area contributed by atoms with Crippen molar-refractivity contribution < 1.29 is 85.2 Å². The van der Waals surface area contributed by atoms with Gasteiger partial charge in [-0.3, -0.25) is 43.9 Å². The van der Waals surface area contributed by atoms with Crippen LogP contribution < -0.4 is 15.0 Å². The molecule has 6 heterocycles. The molecule has 5 fully saturated rings. The number of carbonyl (C=O) groups excluding carboxylic acids is 8. The van der Waals surface area contributed by atoms with Crippen LogP contribution in [-0.4, -0.2) is 167 Å². The summed E-state index contributed by atoms with van der Waals surface area (Å²) < 4.78 is 74.4. The Labute approximate surface area is 453 Å². The number of ether oxygens (including phenoxy) is 5. The number of rotatable bonds is 14. The fourth-order valence-electron chi connectivity index (χ4n) is 11.1. The van der Waals surface area contributed by atoms with Crippen LogP contribution in [0.3, 0.4) is 0 Å². The number of likely N-dealkylation sites (N-methyl/N-ethyl adjacent to an activating group) is 1. The van der Waals surface area contributed by atoms with Crippen LogP contribution in [0.25, 0.3) is 0 Å². The number of imide groups is 2. The zero-order valence-electron chi connectivity index (χ0n) is 44.3. The number of thioether (sulfide) groups is 1. The lowest BCUT2D eigenvalue weighted by molar-refractivity contribution is -0.328. The number of hydrogen-bond acceptors (Lipinski definition) is 17. The van der Waals surface area contributed by atoms with Gasteiger partial charge < -0.3 is 38.5 Å². The number of fused-ring (bicyclic) bond motifs is 6. The third kappa shape index (κ3) is 13.1. The molecular weight excluding hydrogens is 1060 g/mol. The second kappa shape index (κ2) is 23.6. The van der Waals surface area contributed by atoms with Gasteiger partial charge in [0.2, 0.25) is 17.7 Å². The first-order valence-corrected chi connectivity index (χ1v) is 27.0. The first-order valence-electron chi connectivity index (χ1n) is 25.5. The SMILES string of the molecule is COc1cc2cc(c1Cl)N(C)C(=O)C[C@H](OC(=O)[C@H](C)N(C)C(CCSC1CC(=O)N(C[C@H]3CC[C@H](C(=O)ON4C(=O)CCC4=O)CC3)C1=O)C(F)(F)F)[C@@]1(C)CC(C)(O1)C1C[C@@](O)(NC(=O)O1)[C@H](OC)/C=C/C=C(\C)C2. The fraction of sp³-hybridized carbons (Fsp3) is 0.654. The van der Waals surface area contributed by atoms with Gasteiger partial charge in [0.15, 0.2) is 5.72 Å². The van der Waals surface area contributed by atoms with Gasteiger partial charge in [-0.05, 0) is 103 Å². The van der Waals surface area contributed by atoms with E-state index in [-0.39, 0.29) is 66.8 Å². The van der Waals surface area contributed by atoms with Crippen LogP contribution in [0.5, 0.6) is 5.75 Å². The number of alkyl carbamates (subject to hydrolysis) is 1. The van der Waals surface area contributed by atoms with E-state index in [1.807, 2.05) is 6.92 Å². The monoisotopic (exact) mass is 1130 g/mol. The van der Waals surface area contributed by atoms with Crippen LogP contribution in [0.2, 0.25) is 5.02 Å². The molecule has 4 unspecified atom stereocenters. The first kappa shape index (κ1) is 59.4. The number of amides is 6. The van der Waals surface area contributed by atoms with Crippen LogP contribution >= 0.6 is 23.4 Å². The molecule has 0 radical (unpaired) electrons. The van der Waals surface area contributed by atoms with Crippen LogP contribution in [0.15, 0.2) is 35.9 Å². The number of allylic oxidation sites excluding steroid dienone is 3. The number of hydrogen-bond donors (Lipinski definition) is 2. The number of benzene rings is 1. The quantitative estimate of drug-likeness (QED) is 0.167. The van der Waals surface area contributed by atoms with Crippen molar-refractivity contribution in [3.63, 3.8) is 0 Å². The van der Waals surface area contributed by atoms with Crippen molar-refractivity contribution in [1.29, 1.82) is 0 Å². The highest BCUT2D eigenvalue weighted by Crippen LogP contribution is 2.51. The smallest absolute Gasteiger partial charge is 0.409 e. The molecule has 7 aliphatic rings. The Morgan fingerprint density at radius 3 is 2.29 bits per heavy atom. The molecule has 6 amide bonds. The molecule has 0 spiro atoms. The molecule has 9 atom stereocenters. The number of nitrogens with one attached hydrogen (secondary N) is 1. The maximum Gasteiger partial charge on any atom is 0.409 e. The normalized spacial score (nSPS) is 32.2. The molecule has 1 aromatic carbocycles. The van der Waals surface area contributed by atoms with Gasteiger partial charge in [0.05, 0.1) is 30.4 Å². The Hall–Kier alpha value is -5.27. The summed E-state index contributed by atoms with van der Waals surface area (Å²) in [5.74, 6) is -5.33. The van der Waals surface area contributed by atoms with Crippen molar-refractivity contribution in [2.75, 3.05) is 45.5 Å². The minimum Gasteiger partial charge on any atom is -0.495 e. The van der Waals surface area contributed by atoms with Crippen LogP contribution in [0.4, 0.5) is 23.7 Å². The van der Waals surface area contributed by atoms with Crippen LogP contribution in [0.1, 0.15) is 104 Å². The zero-order chi connectivity index (χ0) is 56.5. The fourth-order valence-corrected chi connectivity index (χ4v) is 12.6. The van der Waals surface area contributed by atoms with E-state index in [1.165, 1.54) is 33.1 Å². The maximum absolute atomic E-state index is 15.0. The van der Waals surface area contributed by atoms with Gasteiger partial charge in [-0.2, -0.15) is 13.2 Å². The Kier molecular flexibility index (Phi) is 18.2. The molecule has 1 aromatic rings. The van der Waals surface area contributed by atoms with Crippen molar-refractivity contribution in [3.05, 3.63) is 46.5 Å². The molecule has 1 aliphatic carbocycles. The van der Waals surface area contributed by atoms with Gasteiger partial charge in [0, 0.05) is 52.8 Å². The highest BCUT2D eigenvalue weighted by Gasteiger charge is 2.63. The van der Waals surface area contributed by atoms with Gasteiger partial charge >= 0.3 is 24.2 Å². The number of carbonyl (C=O) groups is 8. The van der Waals surface area contributed by atoms with Crippen molar-refractivity contribution in [1.82, 2.24) is 20.2 Å². The minimum atomic E-state index is -4.88. The Morgan fingerprint density at radius 2 is 1.66 bits per heavy atom. The third-order valence-electron chi connectivity index (χ3n) is 15.7. The van der Waals surface area contributed by atoms with E-state index >= 15 is 0 Å². The lowest BCUT2D eigenvalue weighted by Crippen LogP contribution is -2.72. The summed E-state index contributed by atoms with van der Waals surface area (Å²) in [5, 5.41) is 14.0. The van der Waals surface area contributed by atoms with Crippen molar-refractivity contribution in [3.8, 4) is 5.75 Å². The number of methoxy groups -OCH3 is 2. The maximum atomic E-state index is 15.0. The minimum absolute atomic E-state index is 0.0283. The van der Waals surface area contributed by atoms with Gasteiger partial charge in [0.1, 0.15) is 52.4 Å². The van der Waals surface area contributed by atoms with Crippen LogP contribution in [-0.2, 0) is 63.8 Å². The van der Waals surface area contributed by atoms with Gasteiger partial charge in [0.25, 0.3) is 11.8 Å². The Bertz CT molecular complexity index is 2540. The molecule has 77 heavy (non-hydrogen) atoms. The lowest BCUT2D eigenvalue weighted by Gasteiger charge is -2.59.